The number of halogens is 1. The first-order valence-corrected chi connectivity index (χ1v) is 5.55. The number of alkyl halides is 1. The fourth-order valence-electron chi connectivity index (χ4n) is 2.29. The van der Waals surface area contributed by atoms with Gasteiger partial charge in [-0.25, -0.2) is 14.0 Å². The summed E-state index contributed by atoms with van der Waals surface area (Å²) in [6.07, 6.45) is -0.530. The highest BCUT2D eigenvalue weighted by molar-refractivity contribution is 5.82. The number of hydrogen-bond donors (Lipinski definition) is 1. The van der Waals surface area contributed by atoms with Crippen molar-refractivity contribution in [2.45, 2.75) is 44.5 Å². The number of hydrogen-bond acceptors (Lipinski definition) is 3. The van der Waals surface area contributed by atoms with Gasteiger partial charge in [0, 0.05) is 5.92 Å². The van der Waals surface area contributed by atoms with Gasteiger partial charge in [0.15, 0.2) is 0 Å². The lowest BCUT2D eigenvalue weighted by Crippen LogP contribution is -2.46. The molecule has 17 heavy (non-hydrogen) atoms. The first-order valence-electron chi connectivity index (χ1n) is 5.55. The van der Waals surface area contributed by atoms with Crippen molar-refractivity contribution in [3.05, 3.63) is 0 Å². The smallest absolute Gasteiger partial charge is 0.411 e. The zero-order chi connectivity index (χ0) is 13.0. The molecule has 0 radical (unpaired) electrons. The van der Waals surface area contributed by atoms with Gasteiger partial charge in [-0.3, -0.25) is 4.90 Å². The van der Waals surface area contributed by atoms with Crippen LogP contribution in [-0.2, 0) is 9.53 Å². The molecule has 3 atom stereocenters. The van der Waals surface area contributed by atoms with Crippen molar-refractivity contribution in [3.8, 4) is 0 Å². The fraction of sp³-hybridized carbons (Fsp3) is 0.818. The molecule has 1 aliphatic carbocycles. The highest BCUT2D eigenvalue weighted by Crippen LogP contribution is 2.56. The molecule has 1 saturated heterocycles. The largest absolute Gasteiger partial charge is 0.480 e. The number of rotatable bonds is 1. The second kappa shape index (κ2) is 3.34. The SMILES string of the molecule is CC(C)(C)OC(=O)N1C[C@]2(F)C[C@@H]2[C@H]1C(=O)O. The Bertz CT molecular complexity index is 378. The molecule has 96 valence electrons. The Kier molecular flexibility index (Phi) is 2.38. The Morgan fingerprint density at radius 3 is 2.53 bits per heavy atom. The molecule has 6 heteroatoms. The zero-order valence-electron chi connectivity index (χ0n) is 10.1. The topological polar surface area (TPSA) is 66.8 Å². The number of carboxylic acids is 1. The van der Waals surface area contributed by atoms with E-state index in [-0.39, 0.29) is 13.0 Å². The summed E-state index contributed by atoms with van der Waals surface area (Å²) in [6, 6.07) is -1.09. The van der Waals surface area contributed by atoms with Crippen LogP contribution in [0.3, 0.4) is 0 Å². The lowest BCUT2D eigenvalue weighted by Gasteiger charge is -2.28. The first-order chi connectivity index (χ1) is 7.64. The second-order valence-electron chi connectivity index (χ2n) is 5.74. The minimum absolute atomic E-state index is 0.177. The Labute approximate surface area is 98.5 Å². The van der Waals surface area contributed by atoms with Crippen LogP contribution >= 0.6 is 0 Å². The molecule has 1 heterocycles. The van der Waals surface area contributed by atoms with Crippen LogP contribution in [0.4, 0.5) is 9.18 Å². The van der Waals surface area contributed by atoms with Gasteiger partial charge in [0.05, 0.1) is 6.54 Å². The molecule has 0 bridgehead atoms. The van der Waals surface area contributed by atoms with E-state index in [0.29, 0.717) is 0 Å². The lowest BCUT2D eigenvalue weighted by atomic mass is 10.2. The summed E-state index contributed by atoms with van der Waals surface area (Å²) in [7, 11) is 0. The van der Waals surface area contributed by atoms with Crippen LogP contribution in [0.1, 0.15) is 27.2 Å². The van der Waals surface area contributed by atoms with Crippen molar-refractivity contribution in [1.82, 2.24) is 4.90 Å². The number of aliphatic carboxylic acids is 1. The summed E-state index contributed by atoms with van der Waals surface area (Å²) in [4.78, 5) is 23.8. The Hall–Kier alpha value is -1.33. The van der Waals surface area contributed by atoms with Crippen LogP contribution in [-0.4, -0.2) is 45.9 Å². The lowest BCUT2D eigenvalue weighted by molar-refractivity contribution is -0.142. The van der Waals surface area contributed by atoms with E-state index in [9.17, 15) is 14.0 Å². The number of fused-ring (bicyclic) bond motifs is 1. The number of carboxylic acid groups (broad SMARTS) is 1. The Morgan fingerprint density at radius 2 is 2.06 bits per heavy atom. The normalized spacial score (nSPS) is 35.4. The van der Waals surface area contributed by atoms with E-state index in [1.807, 2.05) is 0 Å². The summed E-state index contributed by atoms with van der Waals surface area (Å²) in [6.45, 7) is 4.87. The van der Waals surface area contributed by atoms with Crippen LogP contribution in [0.15, 0.2) is 0 Å². The molecule has 1 N–H and O–H groups in total. The maximum absolute atomic E-state index is 13.8. The van der Waals surface area contributed by atoms with Gasteiger partial charge in [-0.2, -0.15) is 0 Å². The van der Waals surface area contributed by atoms with Crippen molar-refractivity contribution >= 4 is 12.1 Å². The van der Waals surface area contributed by atoms with E-state index in [0.717, 1.165) is 4.90 Å². The molecule has 0 aromatic rings. The number of carbonyl (C=O) groups is 2. The van der Waals surface area contributed by atoms with Crippen LogP contribution in [0.5, 0.6) is 0 Å². The third-order valence-corrected chi connectivity index (χ3v) is 3.09. The predicted molar refractivity (Wildman–Crippen MR) is 56.3 cm³/mol. The molecule has 2 aliphatic rings. The van der Waals surface area contributed by atoms with Gasteiger partial charge < -0.3 is 9.84 Å². The van der Waals surface area contributed by atoms with Gasteiger partial charge in [-0.05, 0) is 27.2 Å². The van der Waals surface area contributed by atoms with Gasteiger partial charge in [-0.15, -0.1) is 0 Å². The maximum atomic E-state index is 13.8. The van der Waals surface area contributed by atoms with E-state index in [4.69, 9.17) is 9.84 Å². The summed E-state index contributed by atoms with van der Waals surface area (Å²) >= 11 is 0. The van der Waals surface area contributed by atoms with E-state index in [2.05, 4.69) is 0 Å². The minimum Gasteiger partial charge on any atom is -0.480 e. The molecule has 0 unspecified atom stereocenters. The van der Waals surface area contributed by atoms with Gasteiger partial charge in [-0.1, -0.05) is 0 Å². The van der Waals surface area contributed by atoms with E-state index in [1.54, 1.807) is 20.8 Å². The third kappa shape index (κ3) is 2.08. The van der Waals surface area contributed by atoms with Crippen molar-refractivity contribution in [3.63, 3.8) is 0 Å². The Balaban J connectivity index is 2.11. The molecule has 0 aromatic carbocycles. The number of nitrogens with zero attached hydrogens (tertiary/aromatic N) is 1. The summed E-state index contributed by atoms with van der Waals surface area (Å²) < 4.78 is 18.9. The molecule has 0 spiro atoms. The van der Waals surface area contributed by atoms with Crippen molar-refractivity contribution < 1.29 is 23.8 Å². The van der Waals surface area contributed by atoms with Crippen LogP contribution in [0.2, 0.25) is 0 Å². The minimum atomic E-state index is -1.51. The van der Waals surface area contributed by atoms with Gasteiger partial charge >= 0.3 is 12.1 Å². The fourth-order valence-corrected chi connectivity index (χ4v) is 2.29. The number of carbonyl (C=O) groups excluding carboxylic acids is 1. The quantitative estimate of drug-likeness (QED) is 0.758. The number of ether oxygens (including phenoxy) is 1. The molecule has 1 amide bonds. The summed E-state index contributed by atoms with van der Waals surface area (Å²) in [5, 5.41) is 9.03. The van der Waals surface area contributed by atoms with Gasteiger partial charge in [0.25, 0.3) is 0 Å². The molecule has 1 aliphatic heterocycles. The molecule has 0 aromatic heterocycles. The predicted octanol–water partition coefficient (Wildman–Crippen LogP) is 1.42. The summed E-state index contributed by atoms with van der Waals surface area (Å²) in [5.74, 6) is -1.74. The zero-order valence-corrected chi connectivity index (χ0v) is 10.1. The maximum Gasteiger partial charge on any atom is 0.411 e. The van der Waals surface area contributed by atoms with E-state index >= 15 is 0 Å². The van der Waals surface area contributed by atoms with E-state index < -0.39 is 35.3 Å². The second-order valence-corrected chi connectivity index (χ2v) is 5.74. The number of piperidine rings is 1. The van der Waals surface area contributed by atoms with Crippen LogP contribution < -0.4 is 0 Å². The third-order valence-electron chi connectivity index (χ3n) is 3.09. The van der Waals surface area contributed by atoms with Crippen molar-refractivity contribution in [1.29, 1.82) is 0 Å². The average molecular weight is 245 g/mol. The highest BCUT2D eigenvalue weighted by Gasteiger charge is 2.70. The van der Waals surface area contributed by atoms with Crippen molar-refractivity contribution in [2.75, 3.05) is 6.54 Å². The average Bonchev–Trinajstić information content (AvgIpc) is 2.64. The highest BCUT2D eigenvalue weighted by atomic mass is 19.1. The molecule has 1 saturated carbocycles. The van der Waals surface area contributed by atoms with Gasteiger partial charge in [0.2, 0.25) is 0 Å². The van der Waals surface area contributed by atoms with Gasteiger partial charge in [0.1, 0.15) is 17.3 Å². The molecule has 5 nitrogen and oxygen atoms in total. The first kappa shape index (κ1) is 12.1. The molecular formula is C11H16FNO4. The van der Waals surface area contributed by atoms with Crippen molar-refractivity contribution in [2.24, 2.45) is 5.92 Å². The number of amides is 1. The monoisotopic (exact) mass is 245 g/mol. The molecule has 2 rings (SSSR count). The van der Waals surface area contributed by atoms with Crippen LogP contribution in [0, 0.1) is 5.92 Å². The standard InChI is InChI=1S/C11H16FNO4/c1-10(2,3)17-9(16)13-5-11(12)4-6(11)7(13)8(14)15/h6-7H,4-5H2,1-3H3,(H,14,15)/t6-,7+,11-/m1/s1. The van der Waals surface area contributed by atoms with E-state index in [1.165, 1.54) is 0 Å². The Morgan fingerprint density at radius 1 is 1.47 bits per heavy atom. The summed E-state index contributed by atoms with van der Waals surface area (Å²) in [5.41, 5.74) is -2.23. The van der Waals surface area contributed by atoms with Crippen LogP contribution in [0.25, 0.3) is 0 Å². The number of likely N-dealkylation sites (tertiary alicyclic amines) is 1. The molecule has 2 fully saturated rings. The molecular weight excluding hydrogens is 229 g/mol.